The first-order valence-electron chi connectivity index (χ1n) is 11.7. The Labute approximate surface area is 226 Å². The van der Waals surface area contributed by atoms with Crippen molar-refractivity contribution < 1.29 is 24.2 Å². The molecule has 3 aromatic rings. The van der Waals surface area contributed by atoms with Crippen LogP contribution in [0.3, 0.4) is 0 Å². The van der Waals surface area contributed by atoms with Crippen LogP contribution < -0.4 is 14.4 Å². The third-order valence-corrected chi connectivity index (χ3v) is 6.80. The van der Waals surface area contributed by atoms with Gasteiger partial charge in [0.25, 0.3) is 11.7 Å². The molecule has 1 N–H and O–H groups in total. The van der Waals surface area contributed by atoms with E-state index in [2.05, 4.69) is 0 Å². The molecule has 0 saturated carbocycles. The minimum Gasteiger partial charge on any atom is -0.507 e. The van der Waals surface area contributed by atoms with Crippen LogP contribution >= 0.6 is 23.2 Å². The maximum absolute atomic E-state index is 13.5. The number of aryl methyl sites for hydroxylation is 2. The molecule has 1 aliphatic rings. The molecular formula is C29H27Cl2NO5. The van der Waals surface area contributed by atoms with Crippen LogP contribution in [0.15, 0.2) is 60.2 Å². The number of ether oxygens (including phenoxy) is 2. The highest BCUT2D eigenvalue weighted by molar-refractivity contribution is 6.51. The Hall–Kier alpha value is -3.48. The molecule has 3 aromatic carbocycles. The lowest BCUT2D eigenvalue weighted by Gasteiger charge is -2.26. The van der Waals surface area contributed by atoms with Crippen molar-refractivity contribution in [3.63, 3.8) is 0 Å². The molecule has 0 spiro atoms. The van der Waals surface area contributed by atoms with Crippen molar-refractivity contribution >= 4 is 46.3 Å². The van der Waals surface area contributed by atoms with E-state index >= 15 is 0 Å². The summed E-state index contributed by atoms with van der Waals surface area (Å²) in [4.78, 5) is 28.3. The third-order valence-electron chi connectivity index (χ3n) is 6.23. The predicted molar refractivity (Wildman–Crippen MR) is 146 cm³/mol. The Kier molecular flexibility index (Phi) is 7.53. The molecule has 1 amide bonds. The number of hydrogen-bond donors (Lipinski definition) is 1. The highest BCUT2D eigenvalue weighted by Crippen LogP contribution is 2.44. The zero-order valence-electron chi connectivity index (χ0n) is 21.1. The number of Topliss-reactive ketones (excluding diaryl/α,β-unsaturated/α-hetero) is 1. The van der Waals surface area contributed by atoms with Gasteiger partial charge in [0.15, 0.2) is 5.75 Å². The highest BCUT2D eigenvalue weighted by atomic mass is 35.5. The second-order valence-corrected chi connectivity index (χ2v) is 9.96. The largest absolute Gasteiger partial charge is 0.507 e. The number of carbonyl (C=O) groups is 2. The van der Waals surface area contributed by atoms with Crippen LogP contribution in [0, 0.1) is 13.8 Å². The van der Waals surface area contributed by atoms with Gasteiger partial charge in [0.05, 0.1) is 34.9 Å². The van der Waals surface area contributed by atoms with Gasteiger partial charge in [-0.3, -0.25) is 14.5 Å². The molecule has 192 valence electrons. The van der Waals surface area contributed by atoms with Crippen LogP contribution in [0.5, 0.6) is 11.5 Å². The smallest absolute Gasteiger partial charge is 0.300 e. The zero-order valence-corrected chi connectivity index (χ0v) is 22.6. The number of ketones is 1. The molecule has 1 aliphatic heterocycles. The van der Waals surface area contributed by atoms with Gasteiger partial charge in [-0.15, -0.1) is 0 Å². The molecule has 0 aromatic heterocycles. The van der Waals surface area contributed by atoms with Gasteiger partial charge in [-0.05, 0) is 80.8 Å². The Morgan fingerprint density at radius 3 is 2.24 bits per heavy atom. The van der Waals surface area contributed by atoms with Gasteiger partial charge in [0.2, 0.25) is 0 Å². The maximum atomic E-state index is 13.5. The summed E-state index contributed by atoms with van der Waals surface area (Å²) in [5.41, 5.74) is 3.25. The first-order chi connectivity index (χ1) is 17.5. The van der Waals surface area contributed by atoms with Crippen LogP contribution in [-0.2, 0) is 9.59 Å². The van der Waals surface area contributed by atoms with Gasteiger partial charge < -0.3 is 14.6 Å². The molecule has 6 nitrogen and oxygen atoms in total. The molecule has 0 bridgehead atoms. The number of methoxy groups -OCH3 is 1. The molecule has 37 heavy (non-hydrogen) atoms. The fourth-order valence-electron chi connectivity index (χ4n) is 4.37. The van der Waals surface area contributed by atoms with E-state index in [1.54, 1.807) is 30.3 Å². The second-order valence-electron chi connectivity index (χ2n) is 9.15. The average Bonchev–Trinajstić information content (AvgIpc) is 3.10. The van der Waals surface area contributed by atoms with Crippen molar-refractivity contribution in [2.75, 3.05) is 12.0 Å². The summed E-state index contributed by atoms with van der Waals surface area (Å²) in [6.07, 6.45) is -0.0788. The number of halogens is 2. The van der Waals surface area contributed by atoms with E-state index < -0.39 is 23.5 Å². The van der Waals surface area contributed by atoms with Gasteiger partial charge in [-0.2, -0.15) is 0 Å². The Morgan fingerprint density at radius 1 is 0.973 bits per heavy atom. The first-order valence-corrected chi connectivity index (χ1v) is 12.5. The summed E-state index contributed by atoms with van der Waals surface area (Å²) in [6, 6.07) is 14.6. The molecule has 1 fully saturated rings. The molecule has 1 heterocycles. The molecule has 0 aliphatic carbocycles. The molecule has 8 heteroatoms. The normalized spacial score (nSPS) is 17.0. The summed E-state index contributed by atoms with van der Waals surface area (Å²) in [6.45, 7) is 7.72. The fraction of sp³-hybridized carbons (Fsp3) is 0.241. The number of aliphatic hydroxyl groups excluding tert-OH is 1. The fourth-order valence-corrected chi connectivity index (χ4v) is 5.01. The number of nitrogens with zero attached hydrogens (tertiary/aromatic N) is 1. The third kappa shape index (κ3) is 5.04. The van der Waals surface area contributed by atoms with Crippen molar-refractivity contribution in [2.24, 2.45) is 0 Å². The lowest BCUT2D eigenvalue weighted by atomic mass is 9.94. The number of aliphatic hydroxyl groups is 1. The van der Waals surface area contributed by atoms with Gasteiger partial charge in [0.1, 0.15) is 11.5 Å². The van der Waals surface area contributed by atoms with E-state index in [9.17, 15) is 14.7 Å². The standard InChI is InChI=1S/C29H27Cl2NO5/c1-15(2)37-21-8-6-7-18(12-21)25-24(26(33)19-13-22(30)28(36-5)23(31)14-19)27(34)29(35)32(25)20-10-9-16(3)17(4)11-20/h6-15,25,33H,1-5H3/b26-24+. The van der Waals surface area contributed by atoms with Crippen molar-refractivity contribution in [3.05, 3.63) is 92.5 Å². The molecule has 4 rings (SSSR count). The Balaban J connectivity index is 1.97. The van der Waals surface area contributed by atoms with Crippen LogP contribution in [0.25, 0.3) is 5.76 Å². The van der Waals surface area contributed by atoms with Crippen molar-refractivity contribution in [1.82, 2.24) is 0 Å². The van der Waals surface area contributed by atoms with E-state index in [-0.39, 0.29) is 33.0 Å². The van der Waals surface area contributed by atoms with Gasteiger partial charge >= 0.3 is 0 Å². The predicted octanol–water partition coefficient (Wildman–Crippen LogP) is 7.03. The monoisotopic (exact) mass is 539 g/mol. The van der Waals surface area contributed by atoms with E-state index in [0.717, 1.165) is 11.1 Å². The number of benzene rings is 3. The van der Waals surface area contributed by atoms with Gasteiger partial charge in [-0.25, -0.2) is 0 Å². The number of hydrogen-bond acceptors (Lipinski definition) is 5. The summed E-state index contributed by atoms with van der Waals surface area (Å²) >= 11 is 12.6. The molecule has 1 unspecified atom stereocenters. The summed E-state index contributed by atoms with van der Waals surface area (Å²) in [5, 5.41) is 11.7. The first kappa shape index (κ1) is 26.6. The topological polar surface area (TPSA) is 76.1 Å². The Morgan fingerprint density at radius 2 is 1.65 bits per heavy atom. The van der Waals surface area contributed by atoms with Crippen molar-refractivity contribution in [1.29, 1.82) is 0 Å². The summed E-state index contributed by atoms with van der Waals surface area (Å²) in [5.74, 6) is -1.15. The minimum absolute atomic E-state index is 0.0788. The van der Waals surface area contributed by atoms with E-state index in [1.807, 2.05) is 39.8 Å². The molecule has 0 radical (unpaired) electrons. The van der Waals surface area contributed by atoms with Gasteiger partial charge in [-0.1, -0.05) is 41.4 Å². The SMILES string of the molecule is COc1c(Cl)cc(/C(O)=C2\C(=O)C(=O)N(c3ccc(C)c(C)c3)C2c2cccc(OC(C)C)c2)cc1Cl. The molecule has 1 atom stereocenters. The lowest BCUT2D eigenvalue weighted by molar-refractivity contribution is -0.132. The zero-order chi connectivity index (χ0) is 27.0. The number of amides is 1. The number of anilines is 1. The number of rotatable bonds is 6. The van der Waals surface area contributed by atoms with E-state index in [0.29, 0.717) is 17.0 Å². The van der Waals surface area contributed by atoms with Crippen LogP contribution in [-0.4, -0.2) is 30.0 Å². The highest BCUT2D eigenvalue weighted by Gasteiger charge is 2.47. The quantitative estimate of drug-likeness (QED) is 0.206. The van der Waals surface area contributed by atoms with Crippen molar-refractivity contribution in [3.8, 4) is 11.5 Å². The average molecular weight is 540 g/mol. The minimum atomic E-state index is -0.919. The van der Waals surface area contributed by atoms with Crippen molar-refractivity contribution in [2.45, 2.75) is 39.8 Å². The molecular weight excluding hydrogens is 513 g/mol. The summed E-state index contributed by atoms with van der Waals surface area (Å²) in [7, 11) is 1.42. The van der Waals surface area contributed by atoms with Crippen LogP contribution in [0.4, 0.5) is 5.69 Å². The Bertz CT molecular complexity index is 1410. The maximum Gasteiger partial charge on any atom is 0.300 e. The van der Waals surface area contributed by atoms with Gasteiger partial charge in [0, 0.05) is 11.3 Å². The number of carbonyl (C=O) groups excluding carboxylic acids is 2. The van der Waals surface area contributed by atoms with E-state index in [1.165, 1.54) is 24.1 Å². The van der Waals surface area contributed by atoms with Crippen LogP contribution in [0.1, 0.15) is 42.1 Å². The lowest BCUT2D eigenvalue weighted by Crippen LogP contribution is -2.29. The van der Waals surface area contributed by atoms with E-state index in [4.69, 9.17) is 32.7 Å². The van der Waals surface area contributed by atoms with Crippen LogP contribution in [0.2, 0.25) is 10.0 Å². The summed E-state index contributed by atoms with van der Waals surface area (Å²) < 4.78 is 11.1. The molecule has 1 saturated heterocycles. The second kappa shape index (κ2) is 10.5.